The van der Waals surface area contributed by atoms with Gasteiger partial charge in [-0.2, -0.15) is 0 Å². The predicted molar refractivity (Wildman–Crippen MR) is 139 cm³/mol. The molecule has 1 aliphatic rings. The molecule has 2 N–H and O–H groups in total. The van der Waals surface area contributed by atoms with Crippen LogP contribution in [0.25, 0.3) is 0 Å². The fourth-order valence-corrected chi connectivity index (χ4v) is 6.39. The van der Waals surface area contributed by atoms with Gasteiger partial charge in [-0.3, -0.25) is 0 Å². The summed E-state index contributed by atoms with van der Waals surface area (Å²) in [5.74, 6) is 0.876. The molecular weight excluding hydrogens is 492 g/mol. The largest absolute Gasteiger partial charge is 0.694 e. The van der Waals surface area contributed by atoms with Crippen molar-refractivity contribution < 1.29 is 18.4 Å². The van der Waals surface area contributed by atoms with Gasteiger partial charge in [-0.25, -0.2) is 4.39 Å². The maximum atomic E-state index is 13.4. The first-order chi connectivity index (χ1) is 16.5. The third-order valence-corrected chi connectivity index (χ3v) is 8.59. The molecule has 8 heteroatoms. The van der Waals surface area contributed by atoms with Crippen molar-refractivity contribution in [1.29, 1.82) is 0 Å². The molecule has 0 bridgehead atoms. The molecule has 0 amide bonds. The summed E-state index contributed by atoms with van der Waals surface area (Å²) in [6.07, 6.45) is 10.4. The molecule has 0 aliphatic heterocycles. The maximum absolute atomic E-state index is 13.4. The van der Waals surface area contributed by atoms with E-state index in [9.17, 15) is 8.96 Å². The molecule has 1 unspecified atom stereocenters. The highest BCUT2D eigenvalue weighted by molar-refractivity contribution is 7.99. The number of rotatable bonds is 14. The molecule has 186 valence electrons. The van der Waals surface area contributed by atoms with E-state index in [-0.39, 0.29) is 17.8 Å². The molecule has 1 atom stereocenters. The number of halogens is 2. The third kappa shape index (κ3) is 8.89. The predicted octanol–water partition coefficient (Wildman–Crippen LogP) is 7.79. The summed E-state index contributed by atoms with van der Waals surface area (Å²) in [5.41, 5.74) is 2.64. The number of thioether (sulfide) groups is 1. The highest BCUT2D eigenvalue weighted by Crippen LogP contribution is 2.43. The van der Waals surface area contributed by atoms with Crippen molar-refractivity contribution in [3.05, 3.63) is 64.4 Å². The van der Waals surface area contributed by atoms with Crippen LogP contribution in [-0.4, -0.2) is 23.8 Å². The Bertz CT molecular complexity index is 909. The minimum absolute atomic E-state index is 0.156. The van der Waals surface area contributed by atoms with Gasteiger partial charge in [0.05, 0.1) is 5.02 Å². The Hall–Kier alpha value is -1.01. The van der Waals surface area contributed by atoms with Crippen LogP contribution in [0.1, 0.15) is 68.9 Å². The van der Waals surface area contributed by atoms with Crippen molar-refractivity contribution in [2.24, 2.45) is 0 Å². The van der Waals surface area contributed by atoms with Crippen LogP contribution in [-0.2, 0) is 21.0 Å². The zero-order chi connectivity index (χ0) is 24.2. The van der Waals surface area contributed by atoms with E-state index < -0.39 is 8.25 Å². The first-order valence-corrected chi connectivity index (χ1v) is 14.6. The first-order valence-electron chi connectivity index (χ1n) is 12.2. The van der Waals surface area contributed by atoms with Crippen molar-refractivity contribution in [2.45, 2.75) is 74.6 Å². The summed E-state index contributed by atoms with van der Waals surface area (Å²) < 4.78 is 28.5. The molecule has 0 saturated heterocycles. The molecule has 1 fully saturated rings. The standard InChI is InChI=1S/C26H34ClFNO3PS/c27-24-19-21(20-29-16-6-17-32-33(30)31)7-12-25(24)34-18-5-4-15-26(13-2-1-3-14-26)22-8-10-23(28)11-9-22/h7-12,19,29H,1-6,13-18,20H2/p+1. The van der Waals surface area contributed by atoms with Gasteiger partial charge in [0.25, 0.3) is 0 Å². The van der Waals surface area contributed by atoms with Gasteiger partial charge >= 0.3 is 8.25 Å². The third-order valence-electron chi connectivity index (χ3n) is 6.60. The molecule has 0 radical (unpaired) electrons. The van der Waals surface area contributed by atoms with Gasteiger partial charge in [0, 0.05) is 16.0 Å². The van der Waals surface area contributed by atoms with Crippen LogP contribution in [0.15, 0.2) is 47.4 Å². The fraction of sp³-hybridized carbons (Fsp3) is 0.538. The topological polar surface area (TPSA) is 58.6 Å². The normalized spacial score (nSPS) is 15.9. The minimum atomic E-state index is -2.51. The van der Waals surface area contributed by atoms with Crippen molar-refractivity contribution in [3.63, 3.8) is 0 Å². The quantitative estimate of drug-likeness (QED) is 0.149. The summed E-state index contributed by atoms with van der Waals surface area (Å²) in [5, 5.41) is 4.07. The molecule has 3 rings (SSSR count). The summed E-state index contributed by atoms with van der Waals surface area (Å²) in [6, 6.07) is 13.4. The van der Waals surface area contributed by atoms with Gasteiger partial charge in [0.1, 0.15) is 12.4 Å². The molecular formula is C26H35ClFNO3PS+. The minimum Gasteiger partial charge on any atom is -0.313 e. The van der Waals surface area contributed by atoms with Crippen LogP contribution in [0, 0.1) is 5.82 Å². The van der Waals surface area contributed by atoms with E-state index in [1.54, 1.807) is 23.9 Å². The number of hydrogen-bond acceptors (Lipinski definition) is 4. The highest BCUT2D eigenvalue weighted by Gasteiger charge is 2.33. The average molecular weight is 527 g/mol. The van der Waals surface area contributed by atoms with Crippen LogP contribution >= 0.6 is 31.6 Å². The Balaban J connectivity index is 1.40. The van der Waals surface area contributed by atoms with E-state index in [0.29, 0.717) is 19.5 Å². The second-order valence-electron chi connectivity index (χ2n) is 9.02. The summed E-state index contributed by atoms with van der Waals surface area (Å²) >= 11 is 8.32. The van der Waals surface area contributed by atoms with Gasteiger partial charge < -0.3 is 5.32 Å². The Morgan fingerprint density at radius 3 is 2.56 bits per heavy atom. The lowest BCUT2D eigenvalue weighted by atomic mass is 9.67. The molecule has 2 aromatic rings. The molecule has 0 spiro atoms. The van der Waals surface area contributed by atoms with Crippen LogP contribution in [0.3, 0.4) is 0 Å². The van der Waals surface area contributed by atoms with E-state index in [0.717, 1.165) is 40.5 Å². The Morgan fingerprint density at radius 2 is 1.85 bits per heavy atom. The molecule has 0 aromatic heterocycles. The number of benzene rings is 2. The van der Waals surface area contributed by atoms with Crippen LogP contribution in [0.2, 0.25) is 5.02 Å². The Morgan fingerprint density at radius 1 is 1.09 bits per heavy atom. The zero-order valence-electron chi connectivity index (χ0n) is 19.6. The molecule has 4 nitrogen and oxygen atoms in total. The highest BCUT2D eigenvalue weighted by atomic mass is 35.5. The SMILES string of the molecule is O=[P+](O)OCCCNCc1ccc(SCCCCC2(c3ccc(F)cc3)CCCCC2)c(Cl)c1. The number of hydrogen-bond donors (Lipinski definition) is 2. The second kappa shape index (κ2) is 14.5. The van der Waals surface area contributed by atoms with Crippen LogP contribution in [0.5, 0.6) is 0 Å². The summed E-state index contributed by atoms with van der Waals surface area (Å²) in [6.45, 7) is 1.66. The number of nitrogens with one attached hydrogen (secondary N) is 1. The van der Waals surface area contributed by atoms with Gasteiger partial charge in [-0.05, 0) is 85.2 Å². The van der Waals surface area contributed by atoms with E-state index in [1.165, 1.54) is 37.7 Å². The van der Waals surface area contributed by atoms with Gasteiger partial charge in [-0.1, -0.05) is 55.5 Å². The Labute approximate surface area is 213 Å². The van der Waals surface area contributed by atoms with Crippen molar-refractivity contribution in [1.82, 2.24) is 5.32 Å². The van der Waals surface area contributed by atoms with Gasteiger partial charge in [0.15, 0.2) is 0 Å². The van der Waals surface area contributed by atoms with Crippen molar-refractivity contribution in [3.8, 4) is 0 Å². The lowest BCUT2D eigenvalue weighted by Gasteiger charge is -2.38. The fourth-order valence-electron chi connectivity index (χ4n) is 4.81. The average Bonchev–Trinajstić information content (AvgIpc) is 2.83. The smallest absolute Gasteiger partial charge is 0.313 e. The molecule has 34 heavy (non-hydrogen) atoms. The molecule has 2 aromatic carbocycles. The molecule has 0 heterocycles. The van der Waals surface area contributed by atoms with E-state index in [4.69, 9.17) is 16.5 Å². The molecule has 1 saturated carbocycles. The zero-order valence-corrected chi connectivity index (χ0v) is 22.1. The Kier molecular flexibility index (Phi) is 11.8. The van der Waals surface area contributed by atoms with Crippen molar-refractivity contribution in [2.75, 3.05) is 18.9 Å². The van der Waals surface area contributed by atoms with Crippen molar-refractivity contribution >= 4 is 31.6 Å². The van der Waals surface area contributed by atoms with Crippen LogP contribution in [0.4, 0.5) is 4.39 Å². The monoisotopic (exact) mass is 526 g/mol. The van der Waals surface area contributed by atoms with E-state index >= 15 is 0 Å². The maximum Gasteiger partial charge on any atom is 0.694 e. The van der Waals surface area contributed by atoms with Gasteiger partial charge in [-0.15, -0.1) is 21.2 Å². The lowest BCUT2D eigenvalue weighted by Crippen LogP contribution is -2.29. The second-order valence-corrected chi connectivity index (χ2v) is 11.3. The number of unbranched alkanes of at least 4 members (excludes halogenated alkanes) is 1. The van der Waals surface area contributed by atoms with Gasteiger partial charge in [0.2, 0.25) is 0 Å². The first kappa shape index (κ1) is 27.6. The summed E-state index contributed by atoms with van der Waals surface area (Å²) in [4.78, 5) is 9.71. The summed E-state index contributed by atoms with van der Waals surface area (Å²) in [7, 11) is -2.51. The molecule has 1 aliphatic carbocycles. The van der Waals surface area contributed by atoms with E-state index in [2.05, 4.69) is 22.0 Å². The lowest BCUT2D eigenvalue weighted by molar-refractivity contribution is 0.267. The van der Waals surface area contributed by atoms with E-state index in [1.807, 2.05) is 18.2 Å². The van der Waals surface area contributed by atoms with Crippen LogP contribution < -0.4 is 5.32 Å².